The molecule has 0 spiro atoms. The highest BCUT2D eigenvalue weighted by Crippen LogP contribution is 2.27. The maximum atomic E-state index is 10.3. The van der Waals surface area contributed by atoms with Crippen LogP contribution in [0.2, 0.25) is 0 Å². The van der Waals surface area contributed by atoms with Gasteiger partial charge in [0.05, 0.1) is 7.11 Å². The predicted molar refractivity (Wildman–Crippen MR) is 73.8 cm³/mol. The van der Waals surface area contributed by atoms with Gasteiger partial charge in [-0.1, -0.05) is 24.8 Å². The van der Waals surface area contributed by atoms with E-state index in [-0.39, 0.29) is 0 Å². The van der Waals surface area contributed by atoms with E-state index >= 15 is 0 Å². The largest absolute Gasteiger partial charge is 0.497 e. The summed E-state index contributed by atoms with van der Waals surface area (Å²) < 4.78 is 5.18. The monoisotopic (exact) mass is 240 g/mol. The molecule has 2 nitrogen and oxygen atoms in total. The summed E-state index contributed by atoms with van der Waals surface area (Å²) in [6.45, 7) is 5.22. The Labute approximate surface area is 107 Å². The molecule has 92 valence electrons. The third-order valence-electron chi connectivity index (χ3n) is 3.01. The predicted octanol–water partition coefficient (Wildman–Crippen LogP) is 3.40. The van der Waals surface area contributed by atoms with Crippen molar-refractivity contribution in [2.45, 2.75) is 12.5 Å². The van der Waals surface area contributed by atoms with Gasteiger partial charge in [-0.3, -0.25) is 0 Å². The van der Waals surface area contributed by atoms with Gasteiger partial charge in [0, 0.05) is 0 Å². The van der Waals surface area contributed by atoms with E-state index in [9.17, 15) is 5.11 Å². The van der Waals surface area contributed by atoms with Crippen LogP contribution in [0.5, 0.6) is 5.75 Å². The first-order chi connectivity index (χ1) is 8.56. The summed E-state index contributed by atoms with van der Waals surface area (Å²) in [5.74, 6) is 0.827. The molecule has 1 N–H and O–H groups in total. The first kappa shape index (κ1) is 12.4. The van der Waals surface area contributed by atoms with Crippen molar-refractivity contribution in [3.8, 4) is 5.75 Å². The molecule has 0 aliphatic rings. The van der Waals surface area contributed by atoms with Crippen molar-refractivity contribution in [3.63, 3.8) is 0 Å². The lowest BCUT2D eigenvalue weighted by molar-refractivity contribution is 0.111. The van der Waals surface area contributed by atoms with E-state index in [4.69, 9.17) is 4.74 Å². The van der Waals surface area contributed by atoms with Gasteiger partial charge in [0.25, 0.3) is 0 Å². The molecule has 0 aliphatic carbocycles. The van der Waals surface area contributed by atoms with Gasteiger partial charge in [-0.15, -0.1) is 5.73 Å². The molecule has 0 bridgehead atoms. The van der Waals surface area contributed by atoms with E-state index in [1.165, 1.54) is 0 Å². The van der Waals surface area contributed by atoms with Gasteiger partial charge in [0.2, 0.25) is 0 Å². The van der Waals surface area contributed by atoms with Crippen LogP contribution in [0.15, 0.2) is 54.8 Å². The summed E-state index contributed by atoms with van der Waals surface area (Å²) in [7, 11) is 1.65. The first-order valence-electron chi connectivity index (χ1n) is 5.74. The second-order valence-electron chi connectivity index (χ2n) is 4.42. The van der Waals surface area contributed by atoms with Crippen molar-refractivity contribution in [2.24, 2.45) is 0 Å². The maximum absolute atomic E-state index is 10.3. The minimum atomic E-state index is -1.05. The molecule has 1 unspecified atom stereocenters. The lowest BCUT2D eigenvalue weighted by Gasteiger charge is -2.19. The number of methoxy groups -OCH3 is 1. The molecule has 18 heavy (non-hydrogen) atoms. The van der Waals surface area contributed by atoms with Gasteiger partial charge in [-0.2, -0.15) is 0 Å². The van der Waals surface area contributed by atoms with Gasteiger partial charge >= 0.3 is 0 Å². The average molecular weight is 240 g/mol. The van der Waals surface area contributed by atoms with E-state index in [1.807, 2.05) is 36.4 Å². The number of hydrogen-bond acceptors (Lipinski definition) is 2. The number of fused-ring (bicyclic) bond motifs is 1. The second-order valence-corrected chi connectivity index (χ2v) is 4.42. The Bertz CT molecular complexity index is 620. The van der Waals surface area contributed by atoms with Crippen LogP contribution >= 0.6 is 0 Å². The van der Waals surface area contributed by atoms with Crippen molar-refractivity contribution >= 4 is 10.8 Å². The Hall–Kier alpha value is -2.02. The number of rotatable bonds is 3. The molecular weight excluding hydrogens is 224 g/mol. The highest BCUT2D eigenvalue weighted by Gasteiger charge is 2.19. The lowest BCUT2D eigenvalue weighted by Crippen LogP contribution is -2.17. The fraction of sp³-hybridized carbons (Fsp3) is 0.188. The van der Waals surface area contributed by atoms with Crippen LogP contribution in [0, 0.1) is 0 Å². The molecule has 0 aliphatic heterocycles. The zero-order valence-electron chi connectivity index (χ0n) is 10.6. The number of hydrogen-bond donors (Lipinski definition) is 1. The third kappa shape index (κ3) is 2.30. The van der Waals surface area contributed by atoms with Gasteiger partial charge in [-0.25, -0.2) is 0 Å². The number of aliphatic hydroxyl groups is 1. The van der Waals surface area contributed by atoms with E-state index in [2.05, 4.69) is 12.3 Å². The van der Waals surface area contributed by atoms with Gasteiger partial charge in [0.15, 0.2) is 0 Å². The molecule has 1 atom stereocenters. The molecule has 2 aromatic rings. The van der Waals surface area contributed by atoms with Crippen molar-refractivity contribution in [1.29, 1.82) is 0 Å². The summed E-state index contributed by atoms with van der Waals surface area (Å²) in [4.78, 5) is 0. The number of ether oxygens (including phenoxy) is 1. The summed E-state index contributed by atoms with van der Waals surface area (Å²) in [6.07, 6.45) is 1.55. The quantitative estimate of drug-likeness (QED) is 0.833. The molecule has 0 saturated carbocycles. The van der Waals surface area contributed by atoms with Crippen LogP contribution in [0.4, 0.5) is 0 Å². The molecule has 0 radical (unpaired) electrons. The summed E-state index contributed by atoms with van der Waals surface area (Å²) >= 11 is 0. The summed E-state index contributed by atoms with van der Waals surface area (Å²) in [5.41, 5.74) is 2.40. The van der Waals surface area contributed by atoms with Crippen LogP contribution in [0.1, 0.15) is 12.5 Å². The van der Waals surface area contributed by atoms with Gasteiger partial charge in [0.1, 0.15) is 11.4 Å². The Kier molecular flexibility index (Phi) is 3.24. The fourth-order valence-corrected chi connectivity index (χ4v) is 1.95. The summed E-state index contributed by atoms with van der Waals surface area (Å²) in [6, 6.07) is 11.7. The van der Waals surface area contributed by atoms with Crippen LogP contribution in [0.25, 0.3) is 10.8 Å². The van der Waals surface area contributed by atoms with E-state index in [1.54, 1.807) is 20.1 Å². The van der Waals surface area contributed by atoms with E-state index in [0.717, 1.165) is 22.1 Å². The van der Waals surface area contributed by atoms with Gasteiger partial charge < -0.3 is 9.84 Å². The zero-order chi connectivity index (χ0) is 13.2. The lowest BCUT2D eigenvalue weighted by atomic mass is 9.93. The smallest absolute Gasteiger partial charge is 0.119 e. The fourth-order valence-electron chi connectivity index (χ4n) is 1.95. The van der Waals surface area contributed by atoms with Crippen LogP contribution < -0.4 is 4.74 Å². The average Bonchev–Trinajstić information content (AvgIpc) is 2.37. The van der Waals surface area contributed by atoms with Crippen LogP contribution in [0.3, 0.4) is 0 Å². The minimum absolute atomic E-state index is 0.816. The van der Waals surface area contributed by atoms with Crippen molar-refractivity contribution in [1.82, 2.24) is 0 Å². The van der Waals surface area contributed by atoms with E-state index in [0.29, 0.717) is 0 Å². The Morgan fingerprint density at radius 2 is 1.89 bits per heavy atom. The molecule has 2 heteroatoms. The Balaban J connectivity index is 2.54. The van der Waals surface area contributed by atoms with Crippen molar-refractivity contribution < 1.29 is 9.84 Å². The topological polar surface area (TPSA) is 29.5 Å². The normalized spacial score (nSPS) is 13.7. The molecule has 0 fully saturated rings. The molecule has 2 rings (SSSR count). The van der Waals surface area contributed by atoms with Crippen molar-refractivity contribution in [2.75, 3.05) is 7.11 Å². The maximum Gasteiger partial charge on any atom is 0.119 e. The van der Waals surface area contributed by atoms with Crippen molar-refractivity contribution in [3.05, 3.63) is 60.3 Å². The first-order valence-corrected chi connectivity index (χ1v) is 5.74. The Morgan fingerprint density at radius 1 is 1.22 bits per heavy atom. The molecule has 0 heterocycles. The molecule has 2 aromatic carbocycles. The second kappa shape index (κ2) is 4.69. The molecule has 0 amide bonds. The Morgan fingerprint density at radius 3 is 2.56 bits per heavy atom. The third-order valence-corrected chi connectivity index (χ3v) is 3.01. The number of benzene rings is 2. The summed E-state index contributed by atoms with van der Waals surface area (Å²) in [5, 5.41) is 12.4. The van der Waals surface area contributed by atoms with Gasteiger partial charge in [-0.05, 0) is 47.5 Å². The van der Waals surface area contributed by atoms with E-state index < -0.39 is 5.60 Å². The highest BCUT2D eigenvalue weighted by molar-refractivity contribution is 5.84. The van der Waals surface area contributed by atoms with Crippen LogP contribution in [-0.4, -0.2) is 12.2 Å². The molecule has 0 aromatic heterocycles. The minimum Gasteiger partial charge on any atom is -0.497 e. The zero-order valence-corrected chi connectivity index (χ0v) is 10.6. The molecule has 0 saturated heterocycles. The standard InChI is InChI=1S/C16H16O2/c1-4-9-16(2,17)14-7-5-13-11-15(18-3)8-6-12(13)10-14/h5-11,17H,1H2,2-3H3. The highest BCUT2D eigenvalue weighted by atomic mass is 16.5. The van der Waals surface area contributed by atoms with Crippen LogP contribution in [-0.2, 0) is 5.60 Å². The molecular formula is C16H16O2. The SMILES string of the molecule is C=C=CC(C)(O)c1ccc2cc(OC)ccc2c1.